The minimum absolute atomic E-state index is 0.0571. The first-order valence-electron chi connectivity index (χ1n) is 8.81. The SMILES string of the molecule is Cc1sc2nc(CCNCc3ccc(Sc4nncn4C)o3)[nH]c(=O)c2c1C. The molecule has 4 aromatic heterocycles. The Balaban J connectivity index is 1.32. The summed E-state index contributed by atoms with van der Waals surface area (Å²) in [6, 6.07) is 3.86. The van der Waals surface area contributed by atoms with Crippen molar-refractivity contribution < 1.29 is 4.42 Å². The van der Waals surface area contributed by atoms with E-state index in [1.165, 1.54) is 11.8 Å². The third kappa shape index (κ3) is 3.89. The Kier molecular flexibility index (Phi) is 5.33. The molecule has 0 amide bonds. The average molecular weight is 417 g/mol. The lowest BCUT2D eigenvalue weighted by Gasteiger charge is -2.03. The van der Waals surface area contributed by atoms with E-state index < -0.39 is 0 Å². The van der Waals surface area contributed by atoms with Crippen LogP contribution in [-0.2, 0) is 20.0 Å². The van der Waals surface area contributed by atoms with Gasteiger partial charge in [0.15, 0.2) is 10.2 Å². The van der Waals surface area contributed by atoms with Crippen LogP contribution in [0.2, 0.25) is 0 Å². The second-order valence-corrected chi connectivity index (χ2v) is 8.62. The number of aromatic amines is 1. The van der Waals surface area contributed by atoms with Crippen molar-refractivity contribution >= 4 is 33.3 Å². The van der Waals surface area contributed by atoms with Gasteiger partial charge in [0.25, 0.3) is 5.56 Å². The zero-order valence-electron chi connectivity index (χ0n) is 15.8. The van der Waals surface area contributed by atoms with E-state index in [2.05, 4.69) is 25.5 Å². The van der Waals surface area contributed by atoms with Crippen molar-refractivity contribution in [1.82, 2.24) is 30.0 Å². The number of aryl methyl sites for hydroxylation is 3. The van der Waals surface area contributed by atoms with Crippen molar-refractivity contribution in [2.24, 2.45) is 7.05 Å². The molecule has 2 N–H and O–H groups in total. The molecule has 8 nitrogen and oxygen atoms in total. The van der Waals surface area contributed by atoms with Crippen molar-refractivity contribution in [3.8, 4) is 0 Å². The number of rotatable bonds is 7. The van der Waals surface area contributed by atoms with E-state index in [9.17, 15) is 4.79 Å². The first-order valence-corrected chi connectivity index (χ1v) is 10.4. The quantitative estimate of drug-likeness (QED) is 0.447. The normalized spacial score (nSPS) is 11.5. The molecule has 0 radical (unpaired) electrons. The maximum absolute atomic E-state index is 12.3. The molecule has 0 saturated carbocycles. The fraction of sp³-hybridized carbons (Fsp3) is 0.333. The first kappa shape index (κ1) is 18.9. The average Bonchev–Trinajstić information content (AvgIpc) is 3.34. The Labute approximate surface area is 169 Å². The van der Waals surface area contributed by atoms with Crippen LogP contribution in [0.1, 0.15) is 22.0 Å². The molecule has 28 heavy (non-hydrogen) atoms. The molecule has 0 aliphatic heterocycles. The van der Waals surface area contributed by atoms with Gasteiger partial charge in [-0.3, -0.25) is 4.79 Å². The molecule has 0 atom stereocenters. The highest BCUT2D eigenvalue weighted by molar-refractivity contribution is 7.99. The van der Waals surface area contributed by atoms with Gasteiger partial charge in [-0.25, -0.2) is 4.98 Å². The van der Waals surface area contributed by atoms with Gasteiger partial charge in [0, 0.05) is 24.9 Å². The first-order chi connectivity index (χ1) is 13.5. The Morgan fingerprint density at radius 1 is 1.36 bits per heavy atom. The predicted molar refractivity (Wildman–Crippen MR) is 109 cm³/mol. The molecule has 0 bridgehead atoms. The summed E-state index contributed by atoms with van der Waals surface area (Å²) >= 11 is 3.00. The van der Waals surface area contributed by atoms with Crippen molar-refractivity contribution in [2.45, 2.75) is 37.1 Å². The number of furan rings is 1. The van der Waals surface area contributed by atoms with Gasteiger partial charge in [-0.15, -0.1) is 21.5 Å². The predicted octanol–water partition coefficient (Wildman–Crippen LogP) is 2.81. The van der Waals surface area contributed by atoms with E-state index in [1.54, 1.807) is 17.7 Å². The Morgan fingerprint density at radius 3 is 3.00 bits per heavy atom. The van der Waals surface area contributed by atoms with Crippen LogP contribution in [0.4, 0.5) is 0 Å². The number of hydrogen-bond donors (Lipinski definition) is 2. The van der Waals surface area contributed by atoms with Crippen LogP contribution in [0.5, 0.6) is 0 Å². The van der Waals surface area contributed by atoms with Gasteiger partial charge in [0.1, 0.15) is 22.7 Å². The van der Waals surface area contributed by atoms with Gasteiger partial charge in [0.05, 0.1) is 11.9 Å². The fourth-order valence-corrected chi connectivity index (χ4v) is 4.59. The van der Waals surface area contributed by atoms with Crippen molar-refractivity contribution in [3.63, 3.8) is 0 Å². The molecule has 146 valence electrons. The minimum Gasteiger partial charge on any atom is -0.453 e. The van der Waals surface area contributed by atoms with E-state index >= 15 is 0 Å². The molecule has 0 fully saturated rings. The molecule has 0 unspecified atom stereocenters. The summed E-state index contributed by atoms with van der Waals surface area (Å²) < 4.78 is 7.64. The van der Waals surface area contributed by atoms with E-state index in [0.29, 0.717) is 30.7 Å². The maximum atomic E-state index is 12.3. The van der Waals surface area contributed by atoms with Gasteiger partial charge >= 0.3 is 0 Å². The van der Waals surface area contributed by atoms with Crippen LogP contribution in [-0.4, -0.2) is 31.3 Å². The minimum atomic E-state index is -0.0571. The zero-order chi connectivity index (χ0) is 19.7. The summed E-state index contributed by atoms with van der Waals surface area (Å²) in [5.74, 6) is 1.54. The third-order valence-corrected chi connectivity index (χ3v) is 6.50. The Hall–Kier alpha value is -2.43. The monoisotopic (exact) mass is 416 g/mol. The second-order valence-electron chi connectivity index (χ2n) is 6.45. The second kappa shape index (κ2) is 7.90. The van der Waals surface area contributed by atoms with Gasteiger partial charge in [0.2, 0.25) is 0 Å². The summed E-state index contributed by atoms with van der Waals surface area (Å²) in [7, 11) is 1.89. The van der Waals surface area contributed by atoms with Crippen molar-refractivity contribution in [3.05, 3.63) is 50.8 Å². The standard InChI is InChI=1S/C18H20N6O2S2/c1-10-11(2)27-17-15(10)16(25)21-13(22-17)6-7-19-8-12-4-5-14(26-12)28-18-23-20-9-24(18)3/h4-5,9,19H,6-8H2,1-3H3,(H,21,22,25). The Bertz CT molecular complexity index is 1170. The van der Waals surface area contributed by atoms with E-state index in [4.69, 9.17) is 4.42 Å². The van der Waals surface area contributed by atoms with E-state index in [1.807, 2.05) is 37.6 Å². The summed E-state index contributed by atoms with van der Waals surface area (Å²) in [4.78, 5) is 21.7. The summed E-state index contributed by atoms with van der Waals surface area (Å²) in [6.45, 7) is 5.27. The molecule has 4 rings (SSSR count). The van der Waals surface area contributed by atoms with Crippen LogP contribution in [0.3, 0.4) is 0 Å². The van der Waals surface area contributed by atoms with Gasteiger partial charge in [-0.1, -0.05) is 0 Å². The highest BCUT2D eigenvalue weighted by Gasteiger charge is 2.12. The molecule has 0 saturated heterocycles. The summed E-state index contributed by atoms with van der Waals surface area (Å²) in [5, 5.41) is 13.5. The van der Waals surface area contributed by atoms with Crippen LogP contribution < -0.4 is 10.9 Å². The maximum Gasteiger partial charge on any atom is 0.259 e. The molecule has 0 spiro atoms. The largest absolute Gasteiger partial charge is 0.453 e. The number of H-pyrrole nitrogens is 1. The van der Waals surface area contributed by atoms with Crippen LogP contribution in [0, 0.1) is 13.8 Å². The molecule has 0 aromatic carbocycles. The number of aromatic nitrogens is 5. The number of hydrogen-bond acceptors (Lipinski definition) is 8. The van der Waals surface area contributed by atoms with Crippen LogP contribution in [0.15, 0.2) is 37.9 Å². The van der Waals surface area contributed by atoms with Gasteiger partial charge in [-0.05, 0) is 43.3 Å². The molecule has 0 aliphatic carbocycles. The molecule has 4 aromatic rings. The van der Waals surface area contributed by atoms with Crippen molar-refractivity contribution in [2.75, 3.05) is 6.54 Å². The molecular weight excluding hydrogens is 396 g/mol. The smallest absolute Gasteiger partial charge is 0.259 e. The third-order valence-electron chi connectivity index (χ3n) is 4.42. The fourth-order valence-electron chi connectivity index (χ4n) is 2.80. The lowest BCUT2D eigenvalue weighted by atomic mass is 10.2. The highest BCUT2D eigenvalue weighted by Crippen LogP contribution is 2.27. The number of nitrogens with one attached hydrogen (secondary N) is 2. The molecule has 0 aliphatic rings. The lowest BCUT2D eigenvalue weighted by Crippen LogP contribution is -2.19. The number of thiophene rings is 1. The number of fused-ring (bicyclic) bond motifs is 1. The van der Waals surface area contributed by atoms with E-state index in [0.717, 1.165) is 31.3 Å². The zero-order valence-corrected chi connectivity index (χ0v) is 17.4. The van der Waals surface area contributed by atoms with Gasteiger partial charge in [-0.2, -0.15) is 0 Å². The van der Waals surface area contributed by atoms with Gasteiger partial charge < -0.3 is 19.3 Å². The molecule has 4 heterocycles. The van der Waals surface area contributed by atoms with Crippen LogP contribution >= 0.6 is 23.1 Å². The van der Waals surface area contributed by atoms with Crippen molar-refractivity contribution in [1.29, 1.82) is 0 Å². The Morgan fingerprint density at radius 2 is 2.21 bits per heavy atom. The summed E-state index contributed by atoms with van der Waals surface area (Å²) in [5.41, 5.74) is 0.963. The van der Waals surface area contributed by atoms with Crippen LogP contribution in [0.25, 0.3) is 10.2 Å². The lowest BCUT2D eigenvalue weighted by molar-refractivity contribution is 0.416. The summed E-state index contributed by atoms with van der Waals surface area (Å²) in [6.07, 6.45) is 2.30. The highest BCUT2D eigenvalue weighted by atomic mass is 32.2. The molecule has 10 heteroatoms. The number of nitrogens with zero attached hydrogens (tertiary/aromatic N) is 4. The van der Waals surface area contributed by atoms with E-state index in [-0.39, 0.29) is 5.56 Å². The molecular formula is C18H20N6O2S2. The topological polar surface area (TPSA) is 102 Å².